The van der Waals surface area contributed by atoms with Gasteiger partial charge in [0.05, 0.1) is 17.8 Å². The van der Waals surface area contributed by atoms with Gasteiger partial charge in [0.2, 0.25) is 0 Å². The summed E-state index contributed by atoms with van der Waals surface area (Å²) in [6, 6.07) is 2.75. The highest BCUT2D eigenvalue weighted by Gasteiger charge is 2.25. The van der Waals surface area contributed by atoms with Crippen LogP contribution in [-0.4, -0.2) is 39.0 Å². The van der Waals surface area contributed by atoms with Crippen LogP contribution in [0.15, 0.2) is 12.3 Å². The molecule has 0 spiro atoms. The third kappa shape index (κ3) is 2.53. The zero-order valence-electron chi connectivity index (χ0n) is 10.3. The van der Waals surface area contributed by atoms with Gasteiger partial charge in [-0.3, -0.25) is 9.58 Å². The second-order valence-electron chi connectivity index (χ2n) is 5.43. The first-order valence-corrected chi connectivity index (χ1v) is 6.76. The fourth-order valence-corrected chi connectivity index (χ4v) is 2.91. The van der Waals surface area contributed by atoms with Crippen molar-refractivity contribution < 1.29 is 5.11 Å². The predicted octanol–water partition coefficient (Wildman–Crippen LogP) is 1.56. The van der Waals surface area contributed by atoms with Gasteiger partial charge in [-0.1, -0.05) is 19.3 Å². The number of β-amino-alcohol motifs (C(OH)–C–C–N with tert-alkyl or cyclic N) is 1. The number of nitrogens with zero attached hydrogens (tertiary/aromatic N) is 3. The summed E-state index contributed by atoms with van der Waals surface area (Å²) in [5.41, 5.74) is 1.14. The van der Waals surface area contributed by atoms with Crippen LogP contribution in [-0.2, 0) is 6.54 Å². The largest absolute Gasteiger partial charge is 0.390 e. The average Bonchev–Trinajstić information content (AvgIpc) is 2.77. The van der Waals surface area contributed by atoms with Crippen molar-refractivity contribution in [3.8, 4) is 0 Å². The van der Waals surface area contributed by atoms with Gasteiger partial charge in [-0.2, -0.15) is 5.10 Å². The van der Waals surface area contributed by atoms with Gasteiger partial charge in [0.1, 0.15) is 0 Å². The molecule has 4 nitrogen and oxygen atoms in total. The molecule has 0 atom stereocenters. The molecule has 2 heterocycles. The molecule has 2 fully saturated rings. The van der Waals surface area contributed by atoms with Crippen molar-refractivity contribution in [2.45, 2.75) is 50.8 Å². The van der Waals surface area contributed by atoms with E-state index in [1.807, 2.05) is 0 Å². The van der Waals surface area contributed by atoms with Gasteiger partial charge in [-0.15, -0.1) is 0 Å². The molecule has 1 saturated carbocycles. The van der Waals surface area contributed by atoms with Crippen LogP contribution in [0.2, 0.25) is 0 Å². The third-order valence-corrected chi connectivity index (χ3v) is 3.94. The number of aromatic nitrogens is 2. The number of likely N-dealkylation sites (tertiary alicyclic amines) is 1. The Morgan fingerprint density at radius 1 is 1.24 bits per heavy atom. The Morgan fingerprint density at radius 2 is 2.00 bits per heavy atom. The van der Waals surface area contributed by atoms with Gasteiger partial charge < -0.3 is 5.11 Å². The molecule has 1 aromatic heterocycles. The van der Waals surface area contributed by atoms with Crippen molar-refractivity contribution in [2.75, 3.05) is 13.1 Å². The molecule has 1 aromatic rings. The van der Waals surface area contributed by atoms with Crippen molar-refractivity contribution in [2.24, 2.45) is 0 Å². The molecular weight excluding hydrogens is 214 g/mol. The van der Waals surface area contributed by atoms with Crippen molar-refractivity contribution in [1.82, 2.24) is 14.7 Å². The second-order valence-corrected chi connectivity index (χ2v) is 5.43. The van der Waals surface area contributed by atoms with E-state index < -0.39 is 0 Å². The monoisotopic (exact) mass is 235 g/mol. The summed E-state index contributed by atoms with van der Waals surface area (Å²) in [5, 5.41) is 13.9. The molecule has 17 heavy (non-hydrogen) atoms. The van der Waals surface area contributed by atoms with Crippen LogP contribution in [0, 0.1) is 0 Å². The summed E-state index contributed by atoms with van der Waals surface area (Å²) in [4.78, 5) is 2.23. The fraction of sp³-hybridized carbons (Fsp3) is 0.769. The van der Waals surface area contributed by atoms with Crippen molar-refractivity contribution in [3.05, 3.63) is 18.0 Å². The number of hydrogen-bond acceptors (Lipinski definition) is 3. The summed E-state index contributed by atoms with van der Waals surface area (Å²) >= 11 is 0. The van der Waals surface area contributed by atoms with Crippen molar-refractivity contribution in [3.63, 3.8) is 0 Å². The van der Waals surface area contributed by atoms with E-state index in [4.69, 9.17) is 0 Å². The quantitative estimate of drug-likeness (QED) is 0.864. The molecule has 3 rings (SSSR count). The van der Waals surface area contributed by atoms with Crippen LogP contribution in [0.3, 0.4) is 0 Å². The molecule has 1 aliphatic heterocycles. The second kappa shape index (κ2) is 4.78. The lowest BCUT2D eigenvalue weighted by Gasteiger charge is -2.35. The summed E-state index contributed by atoms with van der Waals surface area (Å²) in [6.07, 6.45) is 8.65. The summed E-state index contributed by atoms with van der Waals surface area (Å²) in [6.45, 7) is 2.49. The van der Waals surface area contributed by atoms with E-state index in [-0.39, 0.29) is 6.10 Å². The Labute approximate surface area is 102 Å². The Morgan fingerprint density at radius 3 is 2.71 bits per heavy atom. The predicted molar refractivity (Wildman–Crippen MR) is 65.6 cm³/mol. The van der Waals surface area contributed by atoms with Crippen molar-refractivity contribution in [1.29, 1.82) is 0 Å². The van der Waals surface area contributed by atoms with E-state index in [0.29, 0.717) is 6.04 Å². The molecule has 0 amide bonds. The van der Waals surface area contributed by atoms with Crippen LogP contribution in [0.4, 0.5) is 0 Å². The molecule has 1 N–H and O–H groups in total. The van der Waals surface area contributed by atoms with E-state index in [2.05, 4.69) is 26.9 Å². The van der Waals surface area contributed by atoms with Crippen LogP contribution in [0.25, 0.3) is 0 Å². The number of aliphatic hydroxyl groups is 1. The third-order valence-electron chi connectivity index (χ3n) is 3.94. The van der Waals surface area contributed by atoms with Gasteiger partial charge in [0.15, 0.2) is 0 Å². The summed E-state index contributed by atoms with van der Waals surface area (Å²) < 4.78 is 2.16. The van der Waals surface area contributed by atoms with Crippen LogP contribution in [0.5, 0.6) is 0 Å². The van der Waals surface area contributed by atoms with Gasteiger partial charge >= 0.3 is 0 Å². The SMILES string of the molecule is OC1CN(Cc2ccn(C3CCCCC3)n2)C1. The molecule has 0 aromatic carbocycles. The van der Waals surface area contributed by atoms with Gasteiger partial charge in [0, 0.05) is 25.8 Å². The Hall–Kier alpha value is -0.870. The van der Waals surface area contributed by atoms with Gasteiger partial charge in [-0.05, 0) is 18.9 Å². The van der Waals surface area contributed by atoms with E-state index in [1.165, 1.54) is 32.1 Å². The fourth-order valence-electron chi connectivity index (χ4n) is 2.91. The minimum Gasteiger partial charge on any atom is -0.390 e. The Kier molecular flexibility index (Phi) is 3.16. The van der Waals surface area contributed by atoms with Crippen LogP contribution in [0.1, 0.15) is 43.8 Å². The molecule has 2 aliphatic rings. The van der Waals surface area contributed by atoms with E-state index in [0.717, 1.165) is 25.3 Å². The highest BCUT2D eigenvalue weighted by Crippen LogP contribution is 2.27. The average molecular weight is 235 g/mol. The molecule has 94 valence electrons. The van der Waals surface area contributed by atoms with Crippen molar-refractivity contribution >= 4 is 0 Å². The molecule has 1 aliphatic carbocycles. The van der Waals surface area contributed by atoms with Gasteiger partial charge in [0.25, 0.3) is 0 Å². The normalized spacial score (nSPS) is 23.8. The topological polar surface area (TPSA) is 41.3 Å². The lowest BCUT2D eigenvalue weighted by atomic mass is 9.96. The minimum absolute atomic E-state index is 0.115. The molecule has 1 saturated heterocycles. The lowest BCUT2D eigenvalue weighted by Crippen LogP contribution is -2.49. The maximum Gasteiger partial charge on any atom is 0.0794 e. The summed E-state index contributed by atoms with van der Waals surface area (Å²) in [5.74, 6) is 0. The van der Waals surface area contributed by atoms with E-state index in [9.17, 15) is 5.11 Å². The zero-order chi connectivity index (χ0) is 11.7. The highest BCUT2D eigenvalue weighted by molar-refractivity contribution is 5.01. The molecule has 0 radical (unpaired) electrons. The minimum atomic E-state index is -0.115. The summed E-state index contributed by atoms with van der Waals surface area (Å²) in [7, 11) is 0. The molecule has 0 bridgehead atoms. The smallest absolute Gasteiger partial charge is 0.0794 e. The first-order valence-electron chi connectivity index (χ1n) is 6.76. The van der Waals surface area contributed by atoms with Gasteiger partial charge in [-0.25, -0.2) is 0 Å². The standard InChI is InChI=1S/C13H21N3O/c17-13-9-15(10-13)8-11-6-7-16(14-11)12-4-2-1-3-5-12/h6-7,12-13,17H,1-5,8-10H2. The van der Waals surface area contributed by atoms with Crippen LogP contribution < -0.4 is 0 Å². The van der Waals surface area contributed by atoms with E-state index >= 15 is 0 Å². The maximum absolute atomic E-state index is 9.24. The Bertz CT molecular complexity index is 364. The molecule has 4 heteroatoms. The number of rotatable bonds is 3. The first-order chi connectivity index (χ1) is 8.31. The first kappa shape index (κ1) is 11.2. The zero-order valence-corrected chi connectivity index (χ0v) is 10.3. The number of hydrogen-bond donors (Lipinski definition) is 1. The maximum atomic E-state index is 9.24. The highest BCUT2D eigenvalue weighted by atomic mass is 16.3. The Balaban J connectivity index is 1.58. The molecule has 0 unspecified atom stereocenters. The molecular formula is C13H21N3O. The lowest BCUT2D eigenvalue weighted by molar-refractivity contribution is -0.00368. The number of aliphatic hydroxyl groups excluding tert-OH is 1. The van der Waals surface area contributed by atoms with Crippen LogP contribution >= 0.6 is 0 Å². The van der Waals surface area contributed by atoms with E-state index in [1.54, 1.807) is 0 Å².